The summed E-state index contributed by atoms with van der Waals surface area (Å²) in [6.07, 6.45) is 2.82. The second-order valence-corrected chi connectivity index (χ2v) is 5.70. The van der Waals surface area contributed by atoms with E-state index in [-0.39, 0.29) is 17.5 Å². The van der Waals surface area contributed by atoms with Crippen LogP contribution in [-0.2, 0) is 9.84 Å². The first-order valence-corrected chi connectivity index (χ1v) is 6.19. The highest BCUT2D eigenvalue weighted by Gasteiger charge is 2.33. The van der Waals surface area contributed by atoms with Crippen LogP contribution in [0.4, 0.5) is 5.82 Å². The van der Waals surface area contributed by atoms with Crippen LogP contribution in [0, 0.1) is 0 Å². The van der Waals surface area contributed by atoms with Gasteiger partial charge in [-0.05, 0) is 0 Å². The van der Waals surface area contributed by atoms with Gasteiger partial charge in [0.15, 0.2) is 9.84 Å². The zero-order valence-electron chi connectivity index (χ0n) is 7.14. The number of aromatic nitrogens is 2. The topological polar surface area (TPSA) is 72.0 Å². The van der Waals surface area contributed by atoms with Gasteiger partial charge in [-0.3, -0.25) is 0 Å². The van der Waals surface area contributed by atoms with Crippen molar-refractivity contribution in [2.24, 2.45) is 0 Å². The first kappa shape index (κ1) is 9.67. The van der Waals surface area contributed by atoms with Gasteiger partial charge in [0, 0.05) is 0 Å². The van der Waals surface area contributed by atoms with E-state index >= 15 is 0 Å². The molecular weight excluding hydrogens is 226 g/mol. The number of halogens is 1. The van der Waals surface area contributed by atoms with Gasteiger partial charge in [0.2, 0.25) is 0 Å². The number of anilines is 1. The molecule has 5 nitrogen and oxygen atoms in total. The van der Waals surface area contributed by atoms with E-state index in [1.807, 2.05) is 0 Å². The normalized spacial score (nSPS) is 20.1. The third-order valence-corrected chi connectivity index (χ3v) is 4.02. The summed E-state index contributed by atoms with van der Waals surface area (Å²) in [7, 11) is -2.81. The molecule has 0 spiro atoms. The van der Waals surface area contributed by atoms with Crippen molar-refractivity contribution in [2.75, 3.05) is 16.8 Å². The average Bonchev–Trinajstić information content (AvgIpc) is 2.05. The fourth-order valence-corrected chi connectivity index (χ4v) is 2.71. The molecule has 1 aliphatic heterocycles. The molecule has 0 unspecified atom stereocenters. The molecule has 1 fully saturated rings. The lowest BCUT2D eigenvalue weighted by Gasteiger charge is -2.27. The molecule has 14 heavy (non-hydrogen) atoms. The van der Waals surface area contributed by atoms with E-state index in [2.05, 4.69) is 15.3 Å². The molecule has 0 radical (unpaired) electrons. The van der Waals surface area contributed by atoms with E-state index in [1.165, 1.54) is 12.5 Å². The SMILES string of the molecule is O=S1(=O)CC(Nc2ncncc2Cl)C1. The van der Waals surface area contributed by atoms with E-state index in [4.69, 9.17) is 11.6 Å². The lowest BCUT2D eigenvalue weighted by atomic mass is 10.3. The van der Waals surface area contributed by atoms with Gasteiger partial charge in [0.1, 0.15) is 17.2 Å². The van der Waals surface area contributed by atoms with Crippen LogP contribution in [0.2, 0.25) is 5.02 Å². The second-order valence-electron chi connectivity index (χ2n) is 3.14. The monoisotopic (exact) mass is 233 g/mol. The van der Waals surface area contributed by atoms with Crippen molar-refractivity contribution in [3.63, 3.8) is 0 Å². The zero-order valence-corrected chi connectivity index (χ0v) is 8.72. The summed E-state index contributed by atoms with van der Waals surface area (Å²) in [5, 5.41) is 3.34. The molecule has 0 aliphatic carbocycles. The summed E-state index contributed by atoms with van der Waals surface area (Å²) in [6, 6.07) is -0.0765. The Hall–Kier alpha value is -0.880. The average molecular weight is 234 g/mol. The molecule has 7 heteroatoms. The van der Waals surface area contributed by atoms with Crippen molar-refractivity contribution in [3.8, 4) is 0 Å². The summed E-state index contributed by atoms with van der Waals surface area (Å²) in [5.41, 5.74) is 0. The van der Waals surface area contributed by atoms with Crippen molar-refractivity contribution >= 4 is 27.3 Å². The molecule has 0 amide bonds. The summed E-state index contributed by atoms with van der Waals surface area (Å²) >= 11 is 5.78. The van der Waals surface area contributed by atoms with E-state index in [0.29, 0.717) is 10.8 Å². The third-order valence-electron chi connectivity index (χ3n) is 1.92. The quantitative estimate of drug-likeness (QED) is 0.798. The molecule has 0 saturated carbocycles. The zero-order chi connectivity index (χ0) is 10.2. The Labute approximate surface area is 86.4 Å². The van der Waals surface area contributed by atoms with E-state index in [1.54, 1.807) is 0 Å². The molecule has 1 aromatic heterocycles. The molecule has 0 bridgehead atoms. The van der Waals surface area contributed by atoms with Crippen LogP contribution in [0.15, 0.2) is 12.5 Å². The molecule has 1 N–H and O–H groups in total. The van der Waals surface area contributed by atoms with Crippen molar-refractivity contribution in [1.29, 1.82) is 0 Å². The van der Waals surface area contributed by atoms with Crippen LogP contribution in [0.25, 0.3) is 0 Å². The maximum atomic E-state index is 10.9. The van der Waals surface area contributed by atoms with Gasteiger partial charge >= 0.3 is 0 Å². The van der Waals surface area contributed by atoms with Crippen LogP contribution in [0.1, 0.15) is 0 Å². The van der Waals surface area contributed by atoms with Crippen LogP contribution in [0.5, 0.6) is 0 Å². The fraction of sp³-hybridized carbons (Fsp3) is 0.429. The molecule has 2 rings (SSSR count). The minimum absolute atomic E-state index is 0.0765. The number of sulfone groups is 1. The minimum Gasteiger partial charge on any atom is -0.364 e. The minimum atomic E-state index is -2.81. The Kier molecular flexibility index (Phi) is 2.32. The van der Waals surface area contributed by atoms with Gasteiger partial charge < -0.3 is 5.32 Å². The molecule has 76 valence electrons. The molecular formula is C7H8ClN3O2S. The van der Waals surface area contributed by atoms with Crippen molar-refractivity contribution in [1.82, 2.24) is 9.97 Å². The highest BCUT2D eigenvalue weighted by molar-refractivity contribution is 7.92. The lowest BCUT2D eigenvalue weighted by molar-refractivity contribution is 0.570. The van der Waals surface area contributed by atoms with Gasteiger partial charge in [-0.15, -0.1) is 0 Å². The van der Waals surface area contributed by atoms with E-state index in [0.717, 1.165) is 0 Å². The first-order chi connectivity index (χ1) is 6.57. The highest BCUT2D eigenvalue weighted by Crippen LogP contribution is 2.21. The number of rotatable bonds is 2. The molecule has 2 heterocycles. The van der Waals surface area contributed by atoms with Gasteiger partial charge in [-0.1, -0.05) is 11.6 Å². The van der Waals surface area contributed by atoms with E-state index in [9.17, 15) is 8.42 Å². The summed E-state index contributed by atoms with van der Waals surface area (Å²) in [5.74, 6) is 0.780. The van der Waals surface area contributed by atoms with E-state index < -0.39 is 9.84 Å². The molecule has 1 aliphatic rings. The Balaban J connectivity index is 2.03. The van der Waals surface area contributed by atoms with Crippen LogP contribution in [-0.4, -0.2) is 35.9 Å². The standard InChI is InChI=1S/C7H8ClN3O2S/c8-6-1-9-4-10-7(6)11-5-2-14(12,13)3-5/h1,4-5H,2-3H2,(H,9,10,11). The highest BCUT2D eigenvalue weighted by atomic mass is 35.5. The second kappa shape index (κ2) is 3.36. The van der Waals surface area contributed by atoms with Crippen molar-refractivity contribution in [2.45, 2.75) is 6.04 Å². The number of hydrogen-bond acceptors (Lipinski definition) is 5. The smallest absolute Gasteiger partial charge is 0.154 e. The molecule has 1 aromatic rings. The Bertz CT molecular complexity index is 436. The van der Waals surface area contributed by atoms with Crippen LogP contribution in [0.3, 0.4) is 0 Å². The molecule has 1 saturated heterocycles. The summed E-state index contributed by atoms with van der Waals surface area (Å²) < 4.78 is 21.7. The largest absolute Gasteiger partial charge is 0.364 e. The van der Waals surface area contributed by atoms with Crippen LogP contribution >= 0.6 is 11.6 Å². The van der Waals surface area contributed by atoms with Crippen molar-refractivity contribution in [3.05, 3.63) is 17.5 Å². The number of hydrogen-bond donors (Lipinski definition) is 1. The predicted octanol–water partition coefficient (Wildman–Crippen LogP) is 0.339. The maximum absolute atomic E-state index is 10.9. The number of nitrogens with zero attached hydrogens (tertiary/aromatic N) is 2. The van der Waals surface area contributed by atoms with Gasteiger partial charge in [0.05, 0.1) is 23.7 Å². The van der Waals surface area contributed by atoms with Gasteiger partial charge in [-0.2, -0.15) is 0 Å². The molecule has 0 atom stereocenters. The first-order valence-electron chi connectivity index (χ1n) is 3.99. The third kappa shape index (κ3) is 1.96. The number of nitrogens with one attached hydrogen (secondary N) is 1. The van der Waals surface area contributed by atoms with Gasteiger partial charge in [-0.25, -0.2) is 18.4 Å². The Morgan fingerprint density at radius 2 is 2.21 bits per heavy atom. The molecule has 0 aromatic carbocycles. The van der Waals surface area contributed by atoms with Crippen molar-refractivity contribution < 1.29 is 8.42 Å². The summed E-state index contributed by atoms with van der Waals surface area (Å²) in [6.45, 7) is 0. The Morgan fingerprint density at radius 1 is 1.50 bits per heavy atom. The fourth-order valence-electron chi connectivity index (χ4n) is 1.26. The predicted molar refractivity (Wildman–Crippen MR) is 53.1 cm³/mol. The Morgan fingerprint density at radius 3 is 2.79 bits per heavy atom. The maximum Gasteiger partial charge on any atom is 0.154 e. The summed E-state index contributed by atoms with van der Waals surface area (Å²) in [4.78, 5) is 7.62. The van der Waals surface area contributed by atoms with Gasteiger partial charge in [0.25, 0.3) is 0 Å². The lowest BCUT2D eigenvalue weighted by Crippen LogP contribution is -2.46. The van der Waals surface area contributed by atoms with Crippen LogP contribution < -0.4 is 5.32 Å².